The van der Waals surface area contributed by atoms with Crippen molar-refractivity contribution in [2.45, 2.75) is 6.92 Å². The normalized spacial score (nSPS) is 10.2. The molecular weight excluding hydrogens is 316 g/mol. The van der Waals surface area contributed by atoms with E-state index in [1.807, 2.05) is 13.0 Å². The second-order valence-electron chi connectivity index (χ2n) is 3.62. The fourth-order valence-corrected chi connectivity index (χ4v) is 2.30. The number of thiophene rings is 1. The van der Waals surface area contributed by atoms with Crippen molar-refractivity contribution in [2.24, 2.45) is 0 Å². The standard InChI is InChI=1S/C12H11BrN2O2S/c1-7-3-11(14-5-9(7)13)15-12(16)10-4-8(17-2)6-18-10/h3-6H,1-2H3,(H,14,15,16). The Kier molecular flexibility index (Phi) is 3.98. The Morgan fingerprint density at radius 2 is 2.28 bits per heavy atom. The largest absolute Gasteiger partial charge is 0.496 e. The number of ether oxygens (including phenoxy) is 1. The maximum Gasteiger partial charge on any atom is 0.267 e. The number of aromatic nitrogens is 1. The van der Waals surface area contributed by atoms with E-state index in [2.05, 4.69) is 26.2 Å². The van der Waals surface area contributed by atoms with Gasteiger partial charge in [0.25, 0.3) is 5.91 Å². The van der Waals surface area contributed by atoms with E-state index in [4.69, 9.17) is 4.74 Å². The van der Waals surface area contributed by atoms with Gasteiger partial charge in [-0.1, -0.05) is 0 Å². The minimum atomic E-state index is -0.183. The van der Waals surface area contributed by atoms with Crippen molar-refractivity contribution in [1.82, 2.24) is 4.98 Å². The second-order valence-corrected chi connectivity index (χ2v) is 5.39. The number of carbonyl (C=O) groups is 1. The van der Waals surface area contributed by atoms with Crippen LogP contribution in [0.25, 0.3) is 0 Å². The molecule has 2 aromatic rings. The molecule has 94 valence electrons. The van der Waals surface area contributed by atoms with Crippen LogP contribution in [0.3, 0.4) is 0 Å². The van der Waals surface area contributed by atoms with Crippen molar-refractivity contribution in [2.75, 3.05) is 12.4 Å². The number of nitrogens with one attached hydrogen (secondary N) is 1. The van der Waals surface area contributed by atoms with Gasteiger partial charge in [-0.2, -0.15) is 0 Å². The fraction of sp³-hybridized carbons (Fsp3) is 0.167. The third kappa shape index (κ3) is 2.88. The van der Waals surface area contributed by atoms with Crippen LogP contribution in [0.1, 0.15) is 15.2 Å². The molecule has 0 aromatic carbocycles. The molecule has 1 N–H and O–H groups in total. The zero-order valence-corrected chi connectivity index (χ0v) is 12.3. The van der Waals surface area contributed by atoms with Gasteiger partial charge in [0, 0.05) is 22.1 Å². The minimum Gasteiger partial charge on any atom is -0.496 e. The third-order valence-electron chi connectivity index (χ3n) is 2.32. The number of methoxy groups -OCH3 is 1. The van der Waals surface area contributed by atoms with Crippen LogP contribution in [0.4, 0.5) is 5.82 Å². The molecule has 1 amide bonds. The molecule has 4 nitrogen and oxygen atoms in total. The predicted octanol–water partition coefficient (Wildman–Crippen LogP) is 3.47. The summed E-state index contributed by atoms with van der Waals surface area (Å²) in [5, 5.41) is 4.53. The first-order valence-electron chi connectivity index (χ1n) is 5.16. The lowest BCUT2D eigenvalue weighted by molar-refractivity contribution is 0.103. The highest BCUT2D eigenvalue weighted by Gasteiger charge is 2.10. The van der Waals surface area contributed by atoms with Gasteiger partial charge in [-0.15, -0.1) is 11.3 Å². The van der Waals surface area contributed by atoms with Crippen LogP contribution in [-0.2, 0) is 0 Å². The molecule has 0 aliphatic heterocycles. The summed E-state index contributed by atoms with van der Waals surface area (Å²) in [4.78, 5) is 16.6. The lowest BCUT2D eigenvalue weighted by Gasteiger charge is -2.04. The van der Waals surface area contributed by atoms with E-state index in [1.165, 1.54) is 11.3 Å². The summed E-state index contributed by atoms with van der Waals surface area (Å²) in [6, 6.07) is 3.51. The number of rotatable bonds is 3. The molecule has 0 saturated carbocycles. The number of carbonyl (C=O) groups excluding carboxylic acids is 1. The maximum atomic E-state index is 11.9. The Bertz CT molecular complexity index is 583. The molecule has 2 aromatic heterocycles. The van der Waals surface area contributed by atoms with Crippen LogP contribution in [0.5, 0.6) is 5.75 Å². The van der Waals surface area contributed by atoms with Crippen molar-refractivity contribution in [3.63, 3.8) is 0 Å². The van der Waals surface area contributed by atoms with Crippen molar-refractivity contribution in [1.29, 1.82) is 0 Å². The Hall–Kier alpha value is -1.40. The van der Waals surface area contributed by atoms with E-state index < -0.39 is 0 Å². The molecule has 0 atom stereocenters. The molecule has 0 spiro atoms. The summed E-state index contributed by atoms with van der Waals surface area (Å²) in [5.74, 6) is 1.04. The summed E-state index contributed by atoms with van der Waals surface area (Å²) in [7, 11) is 1.57. The molecule has 0 aliphatic rings. The molecule has 0 unspecified atom stereocenters. The molecule has 0 bridgehead atoms. The number of hydrogen-bond acceptors (Lipinski definition) is 4. The van der Waals surface area contributed by atoms with Gasteiger partial charge in [-0.3, -0.25) is 4.79 Å². The highest BCUT2D eigenvalue weighted by Crippen LogP contribution is 2.22. The molecule has 0 saturated heterocycles. The predicted molar refractivity (Wildman–Crippen MR) is 75.5 cm³/mol. The van der Waals surface area contributed by atoms with Crippen molar-refractivity contribution in [3.8, 4) is 5.75 Å². The number of pyridine rings is 1. The van der Waals surface area contributed by atoms with Gasteiger partial charge < -0.3 is 10.1 Å². The SMILES string of the molecule is COc1csc(C(=O)Nc2cc(C)c(Br)cn2)c1. The van der Waals surface area contributed by atoms with Gasteiger partial charge >= 0.3 is 0 Å². The topological polar surface area (TPSA) is 51.2 Å². The number of nitrogens with zero attached hydrogens (tertiary/aromatic N) is 1. The summed E-state index contributed by atoms with van der Waals surface area (Å²) in [5.41, 5.74) is 1.02. The van der Waals surface area contributed by atoms with E-state index in [9.17, 15) is 4.79 Å². The van der Waals surface area contributed by atoms with Crippen LogP contribution in [0.2, 0.25) is 0 Å². The highest BCUT2D eigenvalue weighted by atomic mass is 79.9. The number of halogens is 1. The molecule has 2 rings (SSSR count). The van der Waals surface area contributed by atoms with Gasteiger partial charge in [0.1, 0.15) is 11.6 Å². The fourth-order valence-electron chi connectivity index (χ4n) is 1.33. The summed E-state index contributed by atoms with van der Waals surface area (Å²) < 4.78 is 5.95. The van der Waals surface area contributed by atoms with Gasteiger partial charge in [0.05, 0.1) is 12.0 Å². The van der Waals surface area contributed by atoms with Crippen LogP contribution in [0.15, 0.2) is 28.2 Å². The smallest absolute Gasteiger partial charge is 0.267 e. The Morgan fingerprint density at radius 3 is 2.89 bits per heavy atom. The highest BCUT2D eigenvalue weighted by molar-refractivity contribution is 9.10. The van der Waals surface area contributed by atoms with Gasteiger partial charge in [-0.05, 0) is 34.5 Å². The first-order valence-corrected chi connectivity index (χ1v) is 6.83. The van der Waals surface area contributed by atoms with Crippen molar-refractivity contribution in [3.05, 3.63) is 38.6 Å². The Balaban J connectivity index is 2.13. The lowest BCUT2D eigenvalue weighted by atomic mass is 10.3. The second kappa shape index (κ2) is 5.49. The van der Waals surface area contributed by atoms with Crippen LogP contribution in [-0.4, -0.2) is 18.0 Å². The molecule has 0 fully saturated rings. The van der Waals surface area contributed by atoms with E-state index in [-0.39, 0.29) is 5.91 Å². The van der Waals surface area contributed by atoms with Gasteiger partial charge in [-0.25, -0.2) is 4.98 Å². The number of amides is 1. The quantitative estimate of drug-likeness (QED) is 0.939. The van der Waals surface area contributed by atoms with Gasteiger partial charge in [0.15, 0.2) is 0 Å². The Morgan fingerprint density at radius 1 is 1.50 bits per heavy atom. The number of aryl methyl sites for hydroxylation is 1. The summed E-state index contributed by atoms with van der Waals surface area (Å²) >= 11 is 4.70. The summed E-state index contributed by atoms with van der Waals surface area (Å²) in [6.07, 6.45) is 1.67. The number of hydrogen-bond donors (Lipinski definition) is 1. The monoisotopic (exact) mass is 326 g/mol. The molecule has 0 radical (unpaired) electrons. The van der Waals surface area contributed by atoms with E-state index >= 15 is 0 Å². The average Bonchev–Trinajstić information content (AvgIpc) is 2.82. The van der Waals surface area contributed by atoms with Gasteiger partial charge in [0.2, 0.25) is 0 Å². The minimum absolute atomic E-state index is 0.183. The zero-order valence-electron chi connectivity index (χ0n) is 9.86. The first-order chi connectivity index (χ1) is 8.60. The van der Waals surface area contributed by atoms with Crippen LogP contribution in [0, 0.1) is 6.92 Å². The van der Waals surface area contributed by atoms with Crippen LogP contribution < -0.4 is 10.1 Å². The lowest BCUT2D eigenvalue weighted by Crippen LogP contribution is -2.11. The molecule has 2 heterocycles. The summed E-state index contributed by atoms with van der Waals surface area (Å²) in [6.45, 7) is 1.94. The zero-order chi connectivity index (χ0) is 13.1. The average molecular weight is 327 g/mol. The molecular formula is C12H11BrN2O2S. The first kappa shape index (κ1) is 13.0. The van der Waals surface area contributed by atoms with Crippen molar-refractivity contribution < 1.29 is 9.53 Å². The Labute approximate surface area is 117 Å². The van der Waals surface area contributed by atoms with E-state index in [0.717, 1.165) is 10.0 Å². The molecule has 0 aliphatic carbocycles. The maximum absolute atomic E-state index is 11.9. The number of anilines is 1. The van der Waals surface area contributed by atoms with E-state index in [1.54, 1.807) is 24.8 Å². The molecule has 6 heteroatoms. The third-order valence-corrected chi connectivity index (χ3v) is 4.06. The van der Waals surface area contributed by atoms with Crippen LogP contribution >= 0.6 is 27.3 Å². The molecule has 18 heavy (non-hydrogen) atoms. The van der Waals surface area contributed by atoms with E-state index in [0.29, 0.717) is 16.4 Å². The van der Waals surface area contributed by atoms with Crippen molar-refractivity contribution >= 4 is 39.0 Å².